The lowest BCUT2D eigenvalue weighted by Gasteiger charge is -2.04. The van der Waals surface area contributed by atoms with Crippen molar-refractivity contribution >= 4 is 29.1 Å². The van der Waals surface area contributed by atoms with Crippen molar-refractivity contribution in [3.63, 3.8) is 0 Å². The number of anilines is 1. The molecule has 0 atom stereocenters. The molecule has 0 aliphatic carbocycles. The largest absolute Gasteiger partial charge is 0.354 e. The molecular formula is C7H12N2S2. The average Bonchev–Trinajstić information content (AvgIpc) is 2.31. The van der Waals surface area contributed by atoms with Crippen LogP contribution in [0.5, 0.6) is 0 Å². The molecule has 2 nitrogen and oxygen atoms in total. The Balaban J connectivity index is 2.95. The lowest BCUT2D eigenvalue weighted by Crippen LogP contribution is -2.07. The molecule has 0 unspecified atom stereocenters. The molecule has 0 fully saturated rings. The molecule has 62 valence electrons. The fraction of sp³-hybridized carbons (Fsp3) is 0.571. The van der Waals surface area contributed by atoms with Crippen LogP contribution < -0.4 is 4.90 Å². The van der Waals surface area contributed by atoms with Crippen molar-refractivity contribution < 1.29 is 0 Å². The number of hydrogen-bond donors (Lipinski definition) is 1. The summed E-state index contributed by atoms with van der Waals surface area (Å²) in [6.45, 7) is 2.02. The summed E-state index contributed by atoms with van der Waals surface area (Å²) >= 11 is 5.92. The van der Waals surface area contributed by atoms with Gasteiger partial charge < -0.3 is 4.90 Å². The number of nitrogens with zero attached hydrogens (tertiary/aromatic N) is 2. The van der Waals surface area contributed by atoms with Crippen molar-refractivity contribution in [3.05, 3.63) is 10.6 Å². The number of aromatic nitrogens is 1. The van der Waals surface area contributed by atoms with E-state index in [1.54, 1.807) is 11.3 Å². The normalized spacial score (nSPS) is 10.2. The maximum absolute atomic E-state index is 4.38. The van der Waals surface area contributed by atoms with Gasteiger partial charge in [-0.15, -0.1) is 11.3 Å². The van der Waals surface area contributed by atoms with E-state index in [0.717, 1.165) is 16.6 Å². The van der Waals surface area contributed by atoms with Crippen LogP contribution in [0.2, 0.25) is 0 Å². The fourth-order valence-electron chi connectivity index (χ4n) is 0.751. The Hall–Kier alpha value is -0.220. The maximum Gasteiger partial charge on any atom is 0.185 e. The highest BCUT2D eigenvalue weighted by atomic mass is 32.1. The minimum Gasteiger partial charge on any atom is -0.354 e. The molecule has 0 saturated heterocycles. The number of hydrogen-bond acceptors (Lipinski definition) is 4. The first-order valence-electron chi connectivity index (χ1n) is 3.39. The van der Waals surface area contributed by atoms with Gasteiger partial charge in [0.25, 0.3) is 0 Å². The van der Waals surface area contributed by atoms with E-state index in [-0.39, 0.29) is 0 Å². The highest BCUT2D eigenvalue weighted by Gasteiger charge is 2.06. The zero-order valence-corrected chi connectivity index (χ0v) is 8.67. The first kappa shape index (κ1) is 8.87. The molecule has 0 radical (unpaired) electrons. The van der Waals surface area contributed by atoms with Crippen LogP contribution in [0.25, 0.3) is 0 Å². The lowest BCUT2D eigenvalue weighted by atomic mass is 10.4. The van der Waals surface area contributed by atoms with Gasteiger partial charge in [-0.2, -0.15) is 12.6 Å². The number of thiazole rings is 1. The van der Waals surface area contributed by atoms with E-state index < -0.39 is 0 Å². The van der Waals surface area contributed by atoms with Gasteiger partial charge in [-0.3, -0.25) is 0 Å². The average molecular weight is 188 g/mol. The molecule has 0 N–H and O–H groups in total. The molecular weight excluding hydrogens is 176 g/mol. The molecule has 0 saturated carbocycles. The van der Waals surface area contributed by atoms with Crippen molar-refractivity contribution in [1.82, 2.24) is 4.98 Å². The van der Waals surface area contributed by atoms with Crippen molar-refractivity contribution in [2.75, 3.05) is 19.0 Å². The highest BCUT2D eigenvalue weighted by Crippen LogP contribution is 2.25. The molecule has 1 rings (SSSR count). The Morgan fingerprint density at radius 3 is 2.45 bits per heavy atom. The van der Waals surface area contributed by atoms with E-state index >= 15 is 0 Å². The molecule has 1 aromatic heterocycles. The molecule has 0 spiro atoms. The number of aryl methyl sites for hydroxylation is 1. The summed E-state index contributed by atoms with van der Waals surface area (Å²) in [6.07, 6.45) is 0. The molecule has 0 bridgehead atoms. The van der Waals surface area contributed by atoms with Crippen molar-refractivity contribution in [3.8, 4) is 0 Å². The molecule has 4 heteroatoms. The molecule has 1 aromatic rings. The van der Waals surface area contributed by atoms with Crippen LogP contribution in [0.1, 0.15) is 10.6 Å². The minimum atomic E-state index is 0.789. The van der Waals surface area contributed by atoms with E-state index in [9.17, 15) is 0 Å². The summed E-state index contributed by atoms with van der Waals surface area (Å²) in [5.74, 6) is 0.789. The van der Waals surface area contributed by atoms with E-state index in [0.29, 0.717) is 0 Å². The molecule has 1 heterocycles. The van der Waals surface area contributed by atoms with Crippen LogP contribution in [0.3, 0.4) is 0 Å². The summed E-state index contributed by atoms with van der Waals surface area (Å²) in [5, 5.41) is 1.06. The lowest BCUT2D eigenvalue weighted by molar-refractivity contribution is 1.08. The molecule has 0 aliphatic heterocycles. The summed E-state index contributed by atoms with van der Waals surface area (Å²) in [5.41, 5.74) is 1.11. The van der Waals surface area contributed by atoms with Gasteiger partial charge in [-0.1, -0.05) is 0 Å². The van der Waals surface area contributed by atoms with Gasteiger partial charge in [0.1, 0.15) is 0 Å². The third-order valence-electron chi connectivity index (χ3n) is 1.41. The maximum atomic E-state index is 4.38. The third kappa shape index (κ3) is 1.87. The van der Waals surface area contributed by atoms with Crippen LogP contribution in [0.4, 0.5) is 5.13 Å². The van der Waals surface area contributed by atoms with Crippen LogP contribution in [-0.4, -0.2) is 19.1 Å². The van der Waals surface area contributed by atoms with Gasteiger partial charge in [0.15, 0.2) is 5.13 Å². The topological polar surface area (TPSA) is 16.1 Å². The Labute approximate surface area is 76.7 Å². The predicted molar refractivity (Wildman–Crippen MR) is 53.9 cm³/mol. The highest BCUT2D eigenvalue weighted by molar-refractivity contribution is 7.79. The third-order valence-corrected chi connectivity index (χ3v) is 3.26. The van der Waals surface area contributed by atoms with E-state index in [1.807, 2.05) is 25.9 Å². The minimum absolute atomic E-state index is 0.789. The molecule has 0 amide bonds. The van der Waals surface area contributed by atoms with Crippen LogP contribution >= 0.6 is 24.0 Å². The predicted octanol–water partition coefficient (Wildman–Crippen LogP) is 1.95. The smallest absolute Gasteiger partial charge is 0.185 e. The van der Waals surface area contributed by atoms with Crippen LogP contribution in [0, 0.1) is 6.92 Å². The van der Waals surface area contributed by atoms with Crippen molar-refractivity contribution in [2.45, 2.75) is 12.7 Å². The molecule has 0 aromatic carbocycles. The van der Waals surface area contributed by atoms with Crippen molar-refractivity contribution in [1.29, 1.82) is 0 Å². The van der Waals surface area contributed by atoms with E-state index in [2.05, 4.69) is 17.6 Å². The second kappa shape index (κ2) is 3.45. The number of thiol groups is 1. The zero-order chi connectivity index (χ0) is 8.43. The van der Waals surface area contributed by atoms with Gasteiger partial charge >= 0.3 is 0 Å². The molecule has 11 heavy (non-hydrogen) atoms. The number of rotatable bonds is 2. The van der Waals surface area contributed by atoms with Gasteiger partial charge in [0, 0.05) is 24.7 Å². The van der Waals surface area contributed by atoms with Crippen molar-refractivity contribution in [2.24, 2.45) is 0 Å². The monoisotopic (exact) mass is 188 g/mol. The first-order valence-corrected chi connectivity index (χ1v) is 4.84. The summed E-state index contributed by atoms with van der Waals surface area (Å²) in [4.78, 5) is 7.66. The van der Waals surface area contributed by atoms with E-state index in [1.165, 1.54) is 4.88 Å². The summed E-state index contributed by atoms with van der Waals surface area (Å²) < 4.78 is 0. The van der Waals surface area contributed by atoms with E-state index in [4.69, 9.17) is 0 Å². The second-order valence-electron chi connectivity index (χ2n) is 2.56. The van der Waals surface area contributed by atoms with Gasteiger partial charge in [-0.05, 0) is 6.92 Å². The van der Waals surface area contributed by atoms with Crippen LogP contribution in [0.15, 0.2) is 0 Å². The zero-order valence-electron chi connectivity index (χ0n) is 6.96. The van der Waals surface area contributed by atoms with Crippen LogP contribution in [-0.2, 0) is 5.75 Å². The Morgan fingerprint density at radius 2 is 2.18 bits per heavy atom. The van der Waals surface area contributed by atoms with Gasteiger partial charge in [-0.25, -0.2) is 4.98 Å². The standard InChI is InChI=1S/C7H12N2S2/c1-5-6(4-10)11-7(8-5)9(2)3/h10H,4H2,1-3H3. The Kier molecular flexibility index (Phi) is 2.78. The Morgan fingerprint density at radius 1 is 1.55 bits per heavy atom. The summed E-state index contributed by atoms with van der Waals surface area (Å²) in [6, 6.07) is 0. The van der Waals surface area contributed by atoms with Gasteiger partial charge in [0.05, 0.1) is 5.69 Å². The fourth-order valence-corrected chi connectivity index (χ4v) is 2.02. The quantitative estimate of drug-likeness (QED) is 0.714. The second-order valence-corrected chi connectivity index (χ2v) is 3.94. The van der Waals surface area contributed by atoms with Gasteiger partial charge in [0.2, 0.25) is 0 Å². The molecule has 0 aliphatic rings. The first-order chi connectivity index (χ1) is 5.15. The SMILES string of the molecule is Cc1nc(N(C)C)sc1CS. The summed E-state index contributed by atoms with van der Waals surface area (Å²) in [7, 11) is 4.00. The Bertz CT molecular complexity index is 243.